The van der Waals surface area contributed by atoms with Gasteiger partial charge in [-0.05, 0) is 24.5 Å². The summed E-state index contributed by atoms with van der Waals surface area (Å²) < 4.78 is 13.7. The molecule has 2 aliphatic rings. The van der Waals surface area contributed by atoms with E-state index in [4.69, 9.17) is 14.5 Å². The molecule has 0 N–H and O–H groups in total. The van der Waals surface area contributed by atoms with Crippen LogP contribution in [0.15, 0.2) is 36.4 Å². The van der Waals surface area contributed by atoms with Crippen molar-refractivity contribution in [3.05, 3.63) is 53.3 Å². The van der Waals surface area contributed by atoms with Gasteiger partial charge in [-0.25, -0.2) is 4.98 Å². The zero-order chi connectivity index (χ0) is 16.8. The summed E-state index contributed by atoms with van der Waals surface area (Å²) in [5, 5.41) is 9.40. The lowest BCUT2D eigenvalue weighted by atomic mass is 10.1. The van der Waals surface area contributed by atoms with Crippen LogP contribution in [0.5, 0.6) is 11.5 Å². The van der Waals surface area contributed by atoms with Crippen molar-refractivity contribution in [2.45, 2.75) is 25.3 Å². The first-order valence-corrected chi connectivity index (χ1v) is 8.61. The number of hydrogen-bond acceptors (Lipinski definition) is 4. The lowest BCUT2D eigenvalue weighted by Crippen LogP contribution is -2.15. The molecule has 5 nitrogen and oxygen atoms in total. The molecular formula is C20H17N3O2. The summed E-state index contributed by atoms with van der Waals surface area (Å²) in [7, 11) is 0. The fourth-order valence-corrected chi connectivity index (χ4v) is 3.44. The molecule has 0 radical (unpaired) electrons. The van der Waals surface area contributed by atoms with Crippen molar-refractivity contribution in [1.29, 1.82) is 5.26 Å². The van der Waals surface area contributed by atoms with E-state index in [1.807, 2.05) is 36.4 Å². The molecule has 0 amide bonds. The van der Waals surface area contributed by atoms with Gasteiger partial charge in [-0.1, -0.05) is 18.2 Å². The van der Waals surface area contributed by atoms with Gasteiger partial charge in [0.25, 0.3) is 0 Å². The van der Waals surface area contributed by atoms with Crippen molar-refractivity contribution in [3.8, 4) is 17.6 Å². The summed E-state index contributed by atoms with van der Waals surface area (Å²) in [6, 6.07) is 14.0. The predicted octanol–water partition coefficient (Wildman–Crippen LogP) is 3.60. The van der Waals surface area contributed by atoms with Gasteiger partial charge in [-0.3, -0.25) is 0 Å². The van der Waals surface area contributed by atoms with Gasteiger partial charge in [0.1, 0.15) is 19.0 Å². The number of imidazole rings is 1. The number of benzene rings is 2. The fraction of sp³-hybridized carbons (Fsp3) is 0.300. The Morgan fingerprint density at radius 3 is 2.64 bits per heavy atom. The summed E-state index contributed by atoms with van der Waals surface area (Å²) in [5.74, 6) is 3.16. The van der Waals surface area contributed by atoms with Gasteiger partial charge in [0.15, 0.2) is 11.5 Å². The van der Waals surface area contributed by atoms with E-state index in [1.165, 1.54) is 12.8 Å². The number of fused-ring (bicyclic) bond motifs is 2. The van der Waals surface area contributed by atoms with Gasteiger partial charge in [0.2, 0.25) is 0 Å². The topological polar surface area (TPSA) is 60.1 Å². The number of rotatable bonds is 3. The Hall–Kier alpha value is -3.00. The van der Waals surface area contributed by atoms with Gasteiger partial charge in [0.05, 0.1) is 29.2 Å². The molecule has 3 aromatic rings. The van der Waals surface area contributed by atoms with Crippen molar-refractivity contribution in [3.63, 3.8) is 0 Å². The molecule has 0 atom stereocenters. The van der Waals surface area contributed by atoms with E-state index in [-0.39, 0.29) is 0 Å². The largest absolute Gasteiger partial charge is 0.486 e. The van der Waals surface area contributed by atoms with E-state index in [9.17, 15) is 5.26 Å². The Labute approximate surface area is 145 Å². The minimum atomic E-state index is 0.514. The molecule has 25 heavy (non-hydrogen) atoms. The fourth-order valence-electron chi connectivity index (χ4n) is 3.44. The van der Waals surface area contributed by atoms with E-state index in [0.29, 0.717) is 31.2 Å². The third-order valence-electron chi connectivity index (χ3n) is 4.85. The van der Waals surface area contributed by atoms with Crippen LogP contribution < -0.4 is 9.47 Å². The molecule has 0 unspecified atom stereocenters. The van der Waals surface area contributed by atoms with Crippen molar-refractivity contribution in [2.75, 3.05) is 13.2 Å². The maximum Gasteiger partial charge on any atom is 0.163 e. The second-order valence-electron chi connectivity index (χ2n) is 6.58. The molecule has 1 aliphatic carbocycles. The molecule has 1 saturated carbocycles. The lowest BCUT2D eigenvalue weighted by Gasteiger charge is -2.18. The van der Waals surface area contributed by atoms with E-state index >= 15 is 0 Å². The number of ether oxygens (including phenoxy) is 2. The van der Waals surface area contributed by atoms with Crippen molar-refractivity contribution in [1.82, 2.24) is 9.55 Å². The van der Waals surface area contributed by atoms with E-state index in [0.717, 1.165) is 33.9 Å². The quantitative estimate of drug-likeness (QED) is 0.736. The summed E-state index contributed by atoms with van der Waals surface area (Å²) in [4.78, 5) is 4.88. The summed E-state index contributed by atoms with van der Waals surface area (Å²) in [6.45, 7) is 1.79. The maximum absolute atomic E-state index is 9.40. The molecule has 5 heteroatoms. The Bertz CT molecular complexity index is 1010. The summed E-state index contributed by atoms with van der Waals surface area (Å²) >= 11 is 0. The third kappa shape index (κ3) is 2.42. The SMILES string of the molecule is N#Cc1ccccc1Cn1c(C2CC2)nc2cc3c(cc21)OCCO3. The second-order valence-corrected chi connectivity index (χ2v) is 6.58. The highest BCUT2D eigenvalue weighted by Crippen LogP contribution is 2.43. The Morgan fingerprint density at radius 1 is 1.12 bits per heavy atom. The van der Waals surface area contributed by atoms with Crippen molar-refractivity contribution >= 4 is 11.0 Å². The van der Waals surface area contributed by atoms with Crippen molar-refractivity contribution < 1.29 is 9.47 Å². The van der Waals surface area contributed by atoms with Crippen LogP contribution in [0.25, 0.3) is 11.0 Å². The molecule has 0 saturated heterocycles. The first kappa shape index (κ1) is 14.4. The van der Waals surface area contributed by atoms with Gasteiger partial charge in [0, 0.05) is 18.1 Å². The molecule has 5 rings (SSSR count). The second kappa shape index (κ2) is 5.52. The summed E-state index contributed by atoms with van der Waals surface area (Å²) in [5.41, 5.74) is 3.70. The van der Waals surface area contributed by atoms with Gasteiger partial charge in [-0.2, -0.15) is 5.26 Å². The highest BCUT2D eigenvalue weighted by atomic mass is 16.6. The molecule has 124 valence electrons. The first-order chi connectivity index (χ1) is 12.3. The van der Waals surface area contributed by atoms with E-state index < -0.39 is 0 Å². The Balaban J connectivity index is 1.67. The van der Waals surface area contributed by atoms with Crippen LogP contribution in [-0.2, 0) is 6.54 Å². The number of hydrogen-bond donors (Lipinski definition) is 0. The van der Waals surface area contributed by atoms with Crippen LogP contribution in [0.3, 0.4) is 0 Å². The Kier molecular flexibility index (Phi) is 3.17. The predicted molar refractivity (Wildman–Crippen MR) is 93.0 cm³/mol. The molecule has 2 heterocycles. The molecule has 1 fully saturated rings. The number of aromatic nitrogens is 2. The smallest absolute Gasteiger partial charge is 0.163 e. The molecule has 1 aromatic heterocycles. The van der Waals surface area contributed by atoms with E-state index in [1.54, 1.807) is 0 Å². The highest BCUT2D eigenvalue weighted by molar-refractivity contribution is 5.81. The zero-order valence-corrected chi connectivity index (χ0v) is 13.7. The summed E-state index contributed by atoms with van der Waals surface area (Å²) in [6.07, 6.45) is 2.35. The van der Waals surface area contributed by atoms with Gasteiger partial charge < -0.3 is 14.0 Å². The normalized spacial score (nSPS) is 16.0. The maximum atomic E-state index is 9.40. The first-order valence-electron chi connectivity index (χ1n) is 8.61. The monoisotopic (exact) mass is 331 g/mol. The van der Waals surface area contributed by atoms with Crippen LogP contribution in [0.1, 0.15) is 35.7 Å². The van der Waals surface area contributed by atoms with Crippen molar-refractivity contribution in [2.24, 2.45) is 0 Å². The number of nitrogens with zero attached hydrogens (tertiary/aromatic N) is 3. The lowest BCUT2D eigenvalue weighted by molar-refractivity contribution is 0.172. The average Bonchev–Trinajstić information content (AvgIpc) is 3.44. The van der Waals surface area contributed by atoms with Crippen LogP contribution in [0.2, 0.25) is 0 Å². The third-order valence-corrected chi connectivity index (χ3v) is 4.85. The Morgan fingerprint density at radius 2 is 1.88 bits per heavy atom. The van der Waals surface area contributed by atoms with E-state index in [2.05, 4.69) is 10.6 Å². The molecule has 0 spiro atoms. The minimum Gasteiger partial charge on any atom is -0.486 e. The molecular weight excluding hydrogens is 314 g/mol. The molecule has 1 aliphatic heterocycles. The highest BCUT2D eigenvalue weighted by Gasteiger charge is 2.30. The van der Waals surface area contributed by atoms with Crippen LogP contribution in [-0.4, -0.2) is 22.8 Å². The van der Waals surface area contributed by atoms with Crippen LogP contribution in [0.4, 0.5) is 0 Å². The standard InChI is InChI=1S/C20H17N3O2/c21-11-14-3-1-2-4-15(14)12-23-17-10-19-18(24-7-8-25-19)9-16(17)22-20(23)13-5-6-13/h1-4,9-10,13H,5-8,12H2. The van der Waals surface area contributed by atoms with Crippen LogP contribution >= 0.6 is 0 Å². The van der Waals surface area contributed by atoms with Gasteiger partial charge >= 0.3 is 0 Å². The average molecular weight is 331 g/mol. The van der Waals surface area contributed by atoms with Gasteiger partial charge in [-0.15, -0.1) is 0 Å². The molecule has 0 bridgehead atoms. The molecule has 2 aromatic carbocycles. The minimum absolute atomic E-state index is 0.514. The van der Waals surface area contributed by atoms with Crippen LogP contribution in [0, 0.1) is 11.3 Å². The zero-order valence-electron chi connectivity index (χ0n) is 13.7. The number of nitriles is 1.